The Morgan fingerprint density at radius 2 is 1.80 bits per heavy atom. The molecule has 1 aromatic rings. The third kappa shape index (κ3) is 5.03. The van der Waals surface area contributed by atoms with Gasteiger partial charge in [0.1, 0.15) is 5.60 Å². The van der Waals surface area contributed by atoms with Crippen molar-refractivity contribution in [3.63, 3.8) is 0 Å². The third-order valence-corrected chi connectivity index (χ3v) is 4.28. The van der Waals surface area contributed by atoms with Gasteiger partial charge in [-0.1, -0.05) is 0 Å². The number of hydrogen-bond acceptors (Lipinski definition) is 4. The molecule has 25 heavy (non-hydrogen) atoms. The standard InChI is InChI=1S/C18H24N2O5/c1-2-25-18(10-3-4-11-18)17(24)20-14-7-5-13(6-8-14)16(23)19-12-9-15(21)22/h5-8H,2-4,9-12H2,1H3,(H,19,23)(H,20,24)(H,21,22). The highest BCUT2D eigenvalue weighted by Crippen LogP contribution is 2.34. The average Bonchev–Trinajstić information content (AvgIpc) is 3.05. The molecule has 7 nitrogen and oxygen atoms in total. The van der Waals surface area contributed by atoms with Crippen LogP contribution in [0, 0.1) is 0 Å². The fraction of sp³-hybridized carbons (Fsp3) is 0.500. The van der Waals surface area contributed by atoms with Crippen LogP contribution in [0.25, 0.3) is 0 Å². The first kappa shape index (κ1) is 18.9. The van der Waals surface area contributed by atoms with Crippen LogP contribution in [0.15, 0.2) is 24.3 Å². The zero-order valence-electron chi connectivity index (χ0n) is 14.3. The summed E-state index contributed by atoms with van der Waals surface area (Å²) in [5.41, 5.74) is 0.253. The van der Waals surface area contributed by atoms with Crippen LogP contribution in [0.5, 0.6) is 0 Å². The molecule has 2 amide bonds. The molecule has 0 aliphatic heterocycles. The monoisotopic (exact) mass is 348 g/mol. The van der Waals surface area contributed by atoms with Crippen molar-refractivity contribution in [3.8, 4) is 0 Å². The molecule has 1 fully saturated rings. The number of carbonyl (C=O) groups is 3. The van der Waals surface area contributed by atoms with Crippen molar-refractivity contribution in [1.82, 2.24) is 5.32 Å². The van der Waals surface area contributed by atoms with Gasteiger partial charge in [0.25, 0.3) is 11.8 Å². The summed E-state index contributed by atoms with van der Waals surface area (Å²) >= 11 is 0. The van der Waals surface area contributed by atoms with Crippen molar-refractivity contribution < 1.29 is 24.2 Å². The van der Waals surface area contributed by atoms with E-state index in [1.165, 1.54) is 0 Å². The van der Waals surface area contributed by atoms with Crippen molar-refractivity contribution in [1.29, 1.82) is 0 Å². The highest BCUT2D eigenvalue weighted by molar-refractivity contribution is 5.99. The average molecular weight is 348 g/mol. The molecule has 3 N–H and O–H groups in total. The van der Waals surface area contributed by atoms with E-state index in [9.17, 15) is 14.4 Å². The van der Waals surface area contributed by atoms with Crippen molar-refractivity contribution in [2.75, 3.05) is 18.5 Å². The number of carbonyl (C=O) groups excluding carboxylic acids is 2. The Labute approximate surface area is 146 Å². The molecule has 0 spiro atoms. The molecule has 0 radical (unpaired) electrons. The Bertz CT molecular complexity index is 621. The minimum atomic E-state index is -0.964. The molecule has 0 unspecified atom stereocenters. The van der Waals surface area contributed by atoms with Gasteiger partial charge in [-0.25, -0.2) is 0 Å². The van der Waals surface area contributed by atoms with Gasteiger partial charge < -0.3 is 20.5 Å². The molecule has 7 heteroatoms. The normalized spacial score (nSPS) is 15.6. The first-order chi connectivity index (χ1) is 12.0. The fourth-order valence-electron chi connectivity index (χ4n) is 2.99. The largest absolute Gasteiger partial charge is 0.481 e. The number of rotatable bonds is 8. The highest BCUT2D eigenvalue weighted by atomic mass is 16.5. The van der Waals surface area contributed by atoms with Gasteiger partial charge in [0.15, 0.2) is 0 Å². The molecule has 0 bridgehead atoms. The van der Waals surface area contributed by atoms with Gasteiger partial charge in [0, 0.05) is 24.4 Å². The fourth-order valence-corrected chi connectivity index (χ4v) is 2.99. The highest BCUT2D eigenvalue weighted by Gasteiger charge is 2.41. The maximum absolute atomic E-state index is 12.6. The van der Waals surface area contributed by atoms with Gasteiger partial charge in [-0.3, -0.25) is 14.4 Å². The SMILES string of the molecule is CCOC1(C(=O)Nc2ccc(C(=O)NCCC(=O)O)cc2)CCCC1. The lowest BCUT2D eigenvalue weighted by Gasteiger charge is -2.27. The van der Waals surface area contributed by atoms with Crippen molar-refractivity contribution in [2.24, 2.45) is 0 Å². The van der Waals surface area contributed by atoms with Gasteiger partial charge in [-0.15, -0.1) is 0 Å². The lowest BCUT2D eigenvalue weighted by Crippen LogP contribution is -2.43. The van der Waals surface area contributed by atoms with Crippen LogP contribution in [0.2, 0.25) is 0 Å². The molecule has 0 heterocycles. The number of hydrogen-bond donors (Lipinski definition) is 3. The number of ether oxygens (including phenoxy) is 1. The smallest absolute Gasteiger partial charge is 0.305 e. The van der Waals surface area contributed by atoms with Crippen LogP contribution in [0.4, 0.5) is 5.69 Å². The Morgan fingerprint density at radius 3 is 2.36 bits per heavy atom. The second kappa shape index (κ2) is 8.62. The molecule has 0 atom stereocenters. The van der Waals surface area contributed by atoms with E-state index in [4.69, 9.17) is 9.84 Å². The molecule has 1 saturated carbocycles. The van der Waals surface area contributed by atoms with Gasteiger partial charge in [-0.2, -0.15) is 0 Å². The van der Waals surface area contributed by atoms with Gasteiger partial charge in [-0.05, 0) is 56.9 Å². The summed E-state index contributed by atoms with van der Waals surface area (Å²) in [7, 11) is 0. The van der Waals surface area contributed by atoms with E-state index < -0.39 is 11.6 Å². The first-order valence-corrected chi connectivity index (χ1v) is 8.52. The molecule has 1 aromatic carbocycles. The third-order valence-electron chi connectivity index (χ3n) is 4.28. The zero-order chi connectivity index (χ0) is 18.3. The van der Waals surface area contributed by atoms with Crippen molar-refractivity contribution in [3.05, 3.63) is 29.8 Å². The van der Waals surface area contributed by atoms with Crippen LogP contribution in [0.1, 0.15) is 49.4 Å². The Morgan fingerprint density at radius 1 is 1.16 bits per heavy atom. The molecular weight excluding hydrogens is 324 g/mol. The van der Waals surface area contributed by atoms with E-state index in [1.54, 1.807) is 24.3 Å². The Hall–Kier alpha value is -2.41. The predicted octanol–water partition coefficient (Wildman–Crippen LogP) is 2.18. The molecule has 136 valence electrons. The number of aliphatic carboxylic acids is 1. The van der Waals surface area contributed by atoms with E-state index in [1.807, 2.05) is 6.92 Å². The van der Waals surface area contributed by atoms with E-state index in [2.05, 4.69) is 10.6 Å². The minimum absolute atomic E-state index is 0.0729. The summed E-state index contributed by atoms with van der Waals surface area (Å²) in [4.78, 5) is 34.9. The van der Waals surface area contributed by atoms with Crippen molar-refractivity contribution >= 4 is 23.5 Å². The first-order valence-electron chi connectivity index (χ1n) is 8.52. The summed E-state index contributed by atoms with van der Waals surface area (Å²) in [6.45, 7) is 2.44. The summed E-state index contributed by atoms with van der Waals surface area (Å²) < 4.78 is 5.73. The molecule has 2 rings (SSSR count). The number of nitrogens with one attached hydrogen (secondary N) is 2. The number of amides is 2. The van der Waals surface area contributed by atoms with Gasteiger partial charge in [0.05, 0.1) is 6.42 Å². The van der Waals surface area contributed by atoms with Crippen LogP contribution >= 0.6 is 0 Å². The Kier molecular flexibility index (Phi) is 6.52. The zero-order valence-corrected chi connectivity index (χ0v) is 14.3. The van der Waals surface area contributed by atoms with E-state index in [-0.39, 0.29) is 24.8 Å². The lowest BCUT2D eigenvalue weighted by atomic mass is 10.0. The summed E-state index contributed by atoms with van der Waals surface area (Å²) in [5.74, 6) is -1.46. The van der Waals surface area contributed by atoms with Gasteiger partial charge >= 0.3 is 5.97 Å². The van der Waals surface area contributed by atoms with Crippen LogP contribution in [-0.2, 0) is 14.3 Å². The maximum Gasteiger partial charge on any atom is 0.305 e. The van der Waals surface area contributed by atoms with E-state index in [0.717, 1.165) is 25.7 Å². The second-order valence-electron chi connectivity index (χ2n) is 6.07. The van der Waals surface area contributed by atoms with Crippen LogP contribution in [0.3, 0.4) is 0 Å². The molecule has 1 aliphatic rings. The predicted molar refractivity (Wildman–Crippen MR) is 92.5 cm³/mol. The summed E-state index contributed by atoms with van der Waals surface area (Å²) in [6, 6.07) is 6.48. The Balaban J connectivity index is 1.94. The molecule has 1 aliphatic carbocycles. The topological polar surface area (TPSA) is 105 Å². The molecule has 0 aromatic heterocycles. The number of carboxylic acid groups (broad SMARTS) is 1. The lowest BCUT2D eigenvalue weighted by molar-refractivity contribution is -0.140. The number of benzene rings is 1. The summed E-state index contributed by atoms with van der Waals surface area (Å²) in [5, 5.41) is 14.0. The molecular formula is C18H24N2O5. The van der Waals surface area contributed by atoms with Crippen LogP contribution in [-0.4, -0.2) is 41.6 Å². The second-order valence-corrected chi connectivity index (χ2v) is 6.07. The van der Waals surface area contributed by atoms with Crippen LogP contribution < -0.4 is 10.6 Å². The quantitative estimate of drug-likeness (QED) is 0.668. The molecule has 0 saturated heterocycles. The summed E-state index contributed by atoms with van der Waals surface area (Å²) in [6.07, 6.45) is 3.26. The van der Waals surface area contributed by atoms with Gasteiger partial charge in [0.2, 0.25) is 0 Å². The van der Waals surface area contributed by atoms with E-state index >= 15 is 0 Å². The van der Waals surface area contributed by atoms with Crippen molar-refractivity contribution in [2.45, 2.75) is 44.6 Å². The minimum Gasteiger partial charge on any atom is -0.481 e. The number of carboxylic acids is 1. The number of anilines is 1. The maximum atomic E-state index is 12.6. The van der Waals surface area contributed by atoms with E-state index in [0.29, 0.717) is 17.9 Å².